The Morgan fingerprint density at radius 3 is 2.92 bits per heavy atom. The van der Waals surface area contributed by atoms with Crippen LogP contribution in [0.3, 0.4) is 0 Å². The third kappa shape index (κ3) is 1.78. The zero-order valence-electron chi connectivity index (χ0n) is 13.4. The fourth-order valence-corrected chi connectivity index (χ4v) is 3.97. The molecule has 0 aliphatic carbocycles. The van der Waals surface area contributed by atoms with E-state index in [1.807, 2.05) is 18.2 Å². The number of ether oxygens (including phenoxy) is 1. The van der Waals surface area contributed by atoms with E-state index >= 15 is 0 Å². The maximum atomic E-state index is 13.0. The van der Waals surface area contributed by atoms with E-state index in [1.54, 1.807) is 36.4 Å². The lowest BCUT2D eigenvalue weighted by molar-refractivity contribution is -0.180. The van der Waals surface area contributed by atoms with Crippen LogP contribution >= 0.6 is 0 Å². The second-order valence-electron chi connectivity index (χ2n) is 6.12. The fourth-order valence-electron chi connectivity index (χ4n) is 3.97. The molecule has 1 amide bonds. The van der Waals surface area contributed by atoms with Crippen molar-refractivity contribution >= 4 is 11.9 Å². The van der Waals surface area contributed by atoms with E-state index in [0.29, 0.717) is 12.1 Å². The minimum Gasteiger partial charge on any atom is -0.465 e. The van der Waals surface area contributed by atoms with Gasteiger partial charge in [0, 0.05) is 18.9 Å². The number of pyridine rings is 1. The summed E-state index contributed by atoms with van der Waals surface area (Å²) >= 11 is 0. The molecule has 4 rings (SSSR count). The van der Waals surface area contributed by atoms with Crippen molar-refractivity contribution in [2.45, 2.75) is 24.8 Å². The van der Waals surface area contributed by atoms with Crippen LogP contribution in [-0.2, 0) is 26.2 Å². The molecular formula is C19H18N2O3. The Balaban J connectivity index is 1.92. The van der Waals surface area contributed by atoms with E-state index in [9.17, 15) is 9.59 Å². The Labute approximate surface area is 140 Å². The zero-order chi connectivity index (χ0) is 16.7. The average molecular weight is 322 g/mol. The van der Waals surface area contributed by atoms with Crippen LogP contribution in [0.15, 0.2) is 48.8 Å². The van der Waals surface area contributed by atoms with Crippen molar-refractivity contribution in [2.24, 2.45) is 0 Å². The number of hydrogen-bond donors (Lipinski definition) is 0. The Kier molecular flexibility index (Phi) is 3.37. The van der Waals surface area contributed by atoms with Crippen molar-refractivity contribution in [2.75, 3.05) is 13.2 Å². The summed E-state index contributed by atoms with van der Waals surface area (Å²) in [6.07, 6.45) is 4.05. The van der Waals surface area contributed by atoms with E-state index in [4.69, 9.17) is 4.74 Å². The minimum absolute atomic E-state index is 0.187. The number of rotatable bonds is 3. The van der Waals surface area contributed by atoms with E-state index in [0.717, 1.165) is 12.0 Å². The molecule has 0 saturated carbocycles. The van der Waals surface area contributed by atoms with Gasteiger partial charge in [0.1, 0.15) is 0 Å². The SMILES string of the molecule is CCOC(=O)[C@]1(c2cccnc2)C(=O)N2CCc3ccccc3[C@@H]21. The summed E-state index contributed by atoms with van der Waals surface area (Å²) < 4.78 is 5.32. The monoisotopic (exact) mass is 322 g/mol. The zero-order valence-corrected chi connectivity index (χ0v) is 13.4. The average Bonchev–Trinajstić information content (AvgIpc) is 2.62. The van der Waals surface area contributed by atoms with Gasteiger partial charge in [0.2, 0.25) is 5.91 Å². The molecule has 0 N–H and O–H groups in total. The van der Waals surface area contributed by atoms with Gasteiger partial charge in [0.25, 0.3) is 0 Å². The van der Waals surface area contributed by atoms with Crippen LogP contribution in [0.1, 0.15) is 29.7 Å². The summed E-state index contributed by atoms with van der Waals surface area (Å²) in [7, 11) is 0. The topological polar surface area (TPSA) is 59.5 Å². The standard InChI is InChI=1S/C19H18N2O3/c1-2-24-18(23)19(14-7-5-10-20-12-14)16-15-8-4-3-6-13(15)9-11-21(16)17(19)22/h3-8,10,12,16H,2,9,11H2,1H3/t16-,19+/m1/s1. The van der Waals surface area contributed by atoms with Gasteiger partial charge in [-0.3, -0.25) is 14.6 Å². The van der Waals surface area contributed by atoms with Gasteiger partial charge in [-0.25, -0.2) is 0 Å². The minimum atomic E-state index is -1.32. The third-order valence-electron chi connectivity index (χ3n) is 5.01. The summed E-state index contributed by atoms with van der Waals surface area (Å²) in [4.78, 5) is 31.9. The summed E-state index contributed by atoms with van der Waals surface area (Å²) in [5, 5.41) is 0. The van der Waals surface area contributed by atoms with Gasteiger partial charge in [-0.2, -0.15) is 0 Å². The molecule has 2 atom stereocenters. The highest BCUT2D eigenvalue weighted by atomic mass is 16.5. The molecule has 24 heavy (non-hydrogen) atoms. The van der Waals surface area contributed by atoms with Crippen molar-refractivity contribution in [1.29, 1.82) is 0 Å². The molecule has 5 heteroatoms. The summed E-state index contributed by atoms with van der Waals surface area (Å²) in [6.45, 7) is 2.62. The molecule has 2 aromatic rings. The lowest BCUT2D eigenvalue weighted by Crippen LogP contribution is -2.71. The number of carbonyl (C=O) groups is 2. The van der Waals surface area contributed by atoms with E-state index in [1.165, 1.54) is 5.56 Å². The second kappa shape index (κ2) is 5.44. The van der Waals surface area contributed by atoms with Crippen LogP contribution in [0.25, 0.3) is 0 Å². The van der Waals surface area contributed by atoms with Crippen LogP contribution in [0.5, 0.6) is 0 Å². The quantitative estimate of drug-likeness (QED) is 0.493. The Bertz CT molecular complexity index is 805. The number of esters is 1. The predicted molar refractivity (Wildman–Crippen MR) is 87.1 cm³/mol. The van der Waals surface area contributed by atoms with Gasteiger partial charge in [0.15, 0.2) is 5.41 Å². The first kappa shape index (κ1) is 14.9. The fraction of sp³-hybridized carbons (Fsp3) is 0.316. The van der Waals surface area contributed by atoms with Crippen LogP contribution in [0.4, 0.5) is 0 Å². The molecule has 122 valence electrons. The molecule has 0 radical (unpaired) electrons. The lowest BCUT2D eigenvalue weighted by atomic mass is 9.61. The number of β-lactam (4-membered cyclic amide) rings is 1. The molecule has 2 aliphatic rings. The van der Waals surface area contributed by atoms with Gasteiger partial charge >= 0.3 is 5.97 Å². The number of fused-ring (bicyclic) bond motifs is 3. The highest BCUT2D eigenvalue weighted by molar-refractivity contribution is 6.14. The number of benzene rings is 1. The van der Waals surface area contributed by atoms with Crippen molar-refractivity contribution in [3.05, 3.63) is 65.5 Å². The van der Waals surface area contributed by atoms with Crippen molar-refractivity contribution in [1.82, 2.24) is 9.88 Å². The summed E-state index contributed by atoms with van der Waals surface area (Å²) in [5.74, 6) is -0.672. The van der Waals surface area contributed by atoms with Gasteiger partial charge < -0.3 is 9.64 Å². The third-order valence-corrected chi connectivity index (χ3v) is 5.01. The summed E-state index contributed by atoms with van der Waals surface area (Å²) in [6, 6.07) is 11.2. The number of hydrogen-bond acceptors (Lipinski definition) is 4. The van der Waals surface area contributed by atoms with Crippen molar-refractivity contribution in [3.63, 3.8) is 0 Å². The van der Waals surface area contributed by atoms with E-state index < -0.39 is 11.4 Å². The van der Waals surface area contributed by atoms with Gasteiger partial charge in [-0.05, 0) is 36.1 Å². The van der Waals surface area contributed by atoms with E-state index in [-0.39, 0.29) is 18.6 Å². The van der Waals surface area contributed by atoms with Crippen LogP contribution in [0.2, 0.25) is 0 Å². The van der Waals surface area contributed by atoms with Crippen molar-refractivity contribution < 1.29 is 14.3 Å². The number of carbonyl (C=O) groups excluding carboxylic acids is 2. The normalized spacial score (nSPS) is 24.6. The first-order valence-corrected chi connectivity index (χ1v) is 8.17. The molecule has 1 aromatic heterocycles. The Hall–Kier alpha value is -2.69. The molecule has 1 fully saturated rings. The molecule has 0 spiro atoms. The number of aromatic nitrogens is 1. The smallest absolute Gasteiger partial charge is 0.328 e. The van der Waals surface area contributed by atoms with Crippen LogP contribution in [0, 0.1) is 0 Å². The molecule has 3 heterocycles. The summed E-state index contributed by atoms with van der Waals surface area (Å²) in [5.41, 5.74) is 1.50. The molecule has 0 bridgehead atoms. The molecule has 0 unspecified atom stereocenters. The van der Waals surface area contributed by atoms with Crippen LogP contribution < -0.4 is 0 Å². The van der Waals surface area contributed by atoms with Gasteiger partial charge in [0.05, 0.1) is 12.6 Å². The Morgan fingerprint density at radius 2 is 2.17 bits per heavy atom. The maximum Gasteiger partial charge on any atom is 0.328 e. The molecule has 2 aliphatic heterocycles. The first-order valence-electron chi connectivity index (χ1n) is 8.17. The number of nitrogens with zero attached hydrogens (tertiary/aromatic N) is 2. The highest BCUT2D eigenvalue weighted by Gasteiger charge is 2.69. The highest BCUT2D eigenvalue weighted by Crippen LogP contribution is 2.54. The largest absolute Gasteiger partial charge is 0.465 e. The predicted octanol–water partition coefficient (Wildman–Crippen LogP) is 2.02. The maximum absolute atomic E-state index is 13.0. The number of amides is 1. The lowest BCUT2D eigenvalue weighted by Gasteiger charge is -2.56. The molecular weight excluding hydrogens is 304 g/mol. The Morgan fingerprint density at radius 1 is 1.33 bits per heavy atom. The van der Waals surface area contributed by atoms with Crippen LogP contribution in [-0.4, -0.2) is 34.9 Å². The second-order valence-corrected chi connectivity index (χ2v) is 6.12. The molecule has 1 aromatic carbocycles. The van der Waals surface area contributed by atoms with Crippen molar-refractivity contribution in [3.8, 4) is 0 Å². The molecule has 1 saturated heterocycles. The van der Waals surface area contributed by atoms with Gasteiger partial charge in [-0.1, -0.05) is 30.3 Å². The van der Waals surface area contributed by atoms with E-state index in [2.05, 4.69) is 11.1 Å². The molecule has 5 nitrogen and oxygen atoms in total. The first-order chi connectivity index (χ1) is 11.7. The van der Waals surface area contributed by atoms with Gasteiger partial charge in [-0.15, -0.1) is 0 Å².